The van der Waals surface area contributed by atoms with Gasteiger partial charge in [0.05, 0.1) is 12.0 Å². The van der Waals surface area contributed by atoms with Crippen molar-refractivity contribution < 1.29 is 33.7 Å². The van der Waals surface area contributed by atoms with E-state index in [4.69, 9.17) is 14.2 Å². The van der Waals surface area contributed by atoms with E-state index >= 15 is 0 Å². The molecule has 0 amide bonds. The first-order valence-electron chi connectivity index (χ1n) is 11.6. The summed E-state index contributed by atoms with van der Waals surface area (Å²) >= 11 is 0. The molecule has 0 unspecified atom stereocenters. The number of aliphatic hydroxyl groups excluding tert-OH is 1. The van der Waals surface area contributed by atoms with Gasteiger partial charge in [-0.15, -0.1) is 0 Å². The molecule has 4 rings (SSSR count). The van der Waals surface area contributed by atoms with Crippen LogP contribution >= 0.6 is 0 Å². The quantitative estimate of drug-likeness (QED) is 0.522. The van der Waals surface area contributed by atoms with E-state index in [1.165, 1.54) is 13.8 Å². The molecule has 2 aliphatic heterocycles. The maximum absolute atomic E-state index is 12.8. The van der Waals surface area contributed by atoms with Crippen LogP contribution in [0.25, 0.3) is 0 Å². The van der Waals surface area contributed by atoms with E-state index in [9.17, 15) is 19.5 Å². The number of esters is 3. The number of carbonyl (C=O) groups excluding carboxylic acids is 3. The van der Waals surface area contributed by atoms with Gasteiger partial charge in [0.15, 0.2) is 0 Å². The van der Waals surface area contributed by atoms with Gasteiger partial charge in [0.2, 0.25) is 0 Å². The Balaban J connectivity index is 1.69. The largest absolute Gasteiger partial charge is 0.462 e. The van der Waals surface area contributed by atoms with Gasteiger partial charge in [-0.1, -0.05) is 13.8 Å². The number of aliphatic hydroxyl groups is 1. The zero-order valence-corrected chi connectivity index (χ0v) is 18.9. The molecule has 1 N–H and O–H groups in total. The standard InChI is InChI=1S/C23H35NO7/c1-12-9-16-19(15(22(28)31-16)11-24-7-5-6-8-24)21(27)23(4)18(30-14(3)26)10-17(20(12)23)29-13(2)25/h12,15-21,27H,5-11H2,1-4H3/t12-,15-,16+,17+,18-,19+,20-,21-,23+/m0/s1. The van der Waals surface area contributed by atoms with Crippen LogP contribution in [0.1, 0.15) is 53.4 Å². The van der Waals surface area contributed by atoms with Crippen LogP contribution in [0.15, 0.2) is 0 Å². The minimum absolute atomic E-state index is 0.0119. The van der Waals surface area contributed by atoms with E-state index in [1.54, 1.807) is 0 Å². The Labute approximate surface area is 183 Å². The van der Waals surface area contributed by atoms with Crippen molar-refractivity contribution in [1.29, 1.82) is 0 Å². The number of carbonyl (C=O) groups is 3. The number of nitrogens with zero attached hydrogens (tertiary/aromatic N) is 1. The van der Waals surface area contributed by atoms with Crippen LogP contribution < -0.4 is 0 Å². The molecule has 0 radical (unpaired) electrons. The Kier molecular flexibility index (Phi) is 6.07. The number of hydrogen-bond acceptors (Lipinski definition) is 8. The lowest BCUT2D eigenvalue weighted by molar-refractivity contribution is -0.165. The molecule has 2 heterocycles. The Hall–Kier alpha value is -1.67. The van der Waals surface area contributed by atoms with Crippen molar-refractivity contribution in [2.45, 2.75) is 77.8 Å². The highest BCUT2D eigenvalue weighted by Crippen LogP contribution is 2.58. The van der Waals surface area contributed by atoms with Gasteiger partial charge in [0.25, 0.3) is 0 Å². The summed E-state index contributed by atoms with van der Waals surface area (Å²) in [6.07, 6.45) is 0.822. The second kappa shape index (κ2) is 8.35. The second-order valence-electron chi connectivity index (χ2n) is 10.2. The fourth-order valence-electron chi connectivity index (χ4n) is 7.03. The van der Waals surface area contributed by atoms with Gasteiger partial charge in [-0.05, 0) is 38.3 Å². The molecule has 0 spiro atoms. The molecule has 2 saturated carbocycles. The van der Waals surface area contributed by atoms with E-state index in [0.29, 0.717) is 19.4 Å². The SMILES string of the molecule is CC(=O)O[C@H]1C[C@@H](OC(C)=O)[C@@H]2[C@@H](C)C[C@H]3OC(=O)[C@@H](CN4CCCC4)[C@H]3[C@H](O)[C@@]21C. The highest BCUT2D eigenvalue weighted by Gasteiger charge is 2.67. The first-order valence-corrected chi connectivity index (χ1v) is 11.6. The lowest BCUT2D eigenvalue weighted by Gasteiger charge is -2.43. The molecular formula is C23H35NO7. The topological polar surface area (TPSA) is 102 Å². The number of fused-ring (bicyclic) bond motifs is 2. The molecule has 4 fully saturated rings. The third-order valence-corrected chi connectivity index (χ3v) is 8.22. The third-order valence-electron chi connectivity index (χ3n) is 8.22. The normalized spacial score (nSPS) is 44.9. The molecule has 8 nitrogen and oxygen atoms in total. The van der Waals surface area contributed by atoms with E-state index in [1.807, 2.05) is 13.8 Å². The number of ether oxygens (including phenoxy) is 3. The van der Waals surface area contributed by atoms with Gasteiger partial charge >= 0.3 is 17.9 Å². The van der Waals surface area contributed by atoms with E-state index in [0.717, 1.165) is 25.9 Å². The van der Waals surface area contributed by atoms with E-state index < -0.39 is 35.6 Å². The van der Waals surface area contributed by atoms with Crippen LogP contribution in [0.4, 0.5) is 0 Å². The Morgan fingerprint density at radius 1 is 1.16 bits per heavy atom. The molecule has 9 atom stereocenters. The minimum atomic E-state index is -0.920. The summed E-state index contributed by atoms with van der Waals surface area (Å²) in [5, 5.41) is 11.8. The van der Waals surface area contributed by atoms with Crippen LogP contribution in [0.5, 0.6) is 0 Å². The number of rotatable bonds is 4. The zero-order valence-electron chi connectivity index (χ0n) is 18.9. The molecule has 31 heavy (non-hydrogen) atoms. The Bertz CT molecular complexity index is 735. The Morgan fingerprint density at radius 3 is 2.42 bits per heavy atom. The third kappa shape index (κ3) is 3.86. The smallest absolute Gasteiger partial charge is 0.311 e. The summed E-state index contributed by atoms with van der Waals surface area (Å²) in [7, 11) is 0. The average Bonchev–Trinajstić information content (AvgIpc) is 3.32. The minimum Gasteiger partial charge on any atom is -0.462 e. The molecule has 0 bridgehead atoms. The molecule has 2 aliphatic carbocycles. The summed E-state index contributed by atoms with van der Waals surface area (Å²) in [5.74, 6) is -2.03. The highest BCUT2D eigenvalue weighted by molar-refractivity contribution is 5.76. The van der Waals surface area contributed by atoms with Gasteiger partial charge in [0, 0.05) is 44.1 Å². The van der Waals surface area contributed by atoms with Gasteiger partial charge in [-0.25, -0.2) is 0 Å². The molecule has 0 aromatic rings. The van der Waals surface area contributed by atoms with Crippen LogP contribution in [-0.4, -0.2) is 72.0 Å². The Morgan fingerprint density at radius 2 is 1.81 bits per heavy atom. The summed E-state index contributed by atoms with van der Waals surface area (Å²) in [4.78, 5) is 38.8. The van der Waals surface area contributed by atoms with Crippen molar-refractivity contribution in [3.05, 3.63) is 0 Å². The van der Waals surface area contributed by atoms with Gasteiger partial charge < -0.3 is 24.2 Å². The second-order valence-corrected chi connectivity index (χ2v) is 10.2. The maximum Gasteiger partial charge on any atom is 0.311 e. The lowest BCUT2D eigenvalue weighted by atomic mass is 9.66. The summed E-state index contributed by atoms with van der Waals surface area (Å²) < 4.78 is 17.2. The van der Waals surface area contributed by atoms with Crippen LogP contribution in [0.3, 0.4) is 0 Å². The molecule has 0 aromatic heterocycles. The summed E-state index contributed by atoms with van der Waals surface area (Å²) in [6, 6.07) is 0. The van der Waals surface area contributed by atoms with Crippen molar-refractivity contribution in [3.63, 3.8) is 0 Å². The predicted octanol–water partition coefficient (Wildman–Crippen LogP) is 1.53. The first kappa shape index (κ1) is 22.5. The molecule has 4 aliphatic rings. The van der Waals surface area contributed by atoms with Crippen LogP contribution in [0, 0.1) is 29.1 Å². The first-order chi connectivity index (χ1) is 14.6. The van der Waals surface area contributed by atoms with Gasteiger partial charge in [-0.2, -0.15) is 0 Å². The van der Waals surface area contributed by atoms with Crippen LogP contribution in [-0.2, 0) is 28.6 Å². The molecule has 2 saturated heterocycles. The zero-order chi connectivity index (χ0) is 22.5. The van der Waals surface area contributed by atoms with Crippen molar-refractivity contribution in [2.75, 3.05) is 19.6 Å². The molecular weight excluding hydrogens is 402 g/mol. The van der Waals surface area contributed by atoms with Gasteiger partial charge in [-0.3, -0.25) is 14.4 Å². The van der Waals surface area contributed by atoms with Gasteiger partial charge in [0.1, 0.15) is 18.3 Å². The molecule has 0 aromatic carbocycles. The maximum atomic E-state index is 12.8. The van der Waals surface area contributed by atoms with Crippen molar-refractivity contribution in [1.82, 2.24) is 4.90 Å². The fourth-order valence-corrected chi connectivity index (χ4v) is 7.03. The molecule has 8 heteroatoms. The van der Waals surface area contributed by atoms with E-state index in [-0.39, 0.29) is 35.8 Å². The lowest BCUT2D eigenvalue weighted by Crippen LogP contribution is -2.52. The van der Waals surface area contributed by atoms with Crippen LogP contribution in [0.2, 0.25) is 0 Å². The predicted molar refractivity (Wildman–Crippen MR) is 110 cm³/mol. The number of hydrogen-bond donors (Lipinski definition) is 1. The fraction of sp³-hybridized carbons (Fsp3) is 0.870. The average molecular weight is 438 g/mol. The van der Waals surface area contributed by atoms with Crippen molar-refractivity contribution >= 4 is 17.9 Å². The highest BCUT2D eigenvalue weighted by atomic mass is 16.6. The summed E-state index contributed by atoms with van der Waals surface area (Å²) in [6.45, 7) is 9.19. The van der Waals surface area contributed by atoms with E-state index in [2.05, 4.69) is 4.90 Å². The van der Waals surface area contributed by atoms with Crippen molar-refractivity contribution in [2.24, 2.45) is 29.1 Å². The summed E-state index contributed by atoms with van der Waals surface area (Å²) in [5.41, 5.74) is -0.845. The number of likely N-dealkylation sites (tertiary alicyclic amines) is 1. The van der Waals surface area contributed by atoms with Crippen molar-refractivity contribution in [3.8, 4) is 0 Å². The molecule has 174 valence electrons. The monoisotopic (exact) mass is 437 g/mol.